The van der Waals surface area contributed by atoms with Gasteiger partial charge < -0.3 is 9.47 Å². The molecule has 0 unspecified atom stereocenters. The first-order chi connectivity index (χ1) is 11.2. The van der Waals surface area contributed by atoms with Crippen LogP contribution in [0.1, 0.15) is 41.5 Å². The molecule has 0 bridgehead atoms. The van der Waals surface area contributed by atoms with Gasteiger partial charge >= 0.3 is 12.2 Å². The van der Waals surface area contributed by atoms with Crippen LogP contribution in [-0.2, 0) is 9.47 Å². The number of hydrogen-bond donors (Lipinski definition) is 0. The topological polar surface area (TPSA) is 99.0 Å². The fourth-order valence-electron chi connectivity index (χ4n) is 1.68. The third-order valence-corrected chi connectivity index (χ3v) is 3.40. The lowest BCUT2D eigenvalue weighted by molar-refractivity contribution is -0.384. The number of imide groups is 1. The third kappa shape index (κ3) is 6.48. The summed E-state index contributed by atoms with van der Waals surface area (Å²) in [4.78, 5) is 36.1. The van der Waals surface area contributed by atoms with Crippen LogP contribution in [0.4, 0.5) is 21.0 Å². The fourth-order valence-corrected chi connectivity index (χ4v) is 2.42. The number of anilines is 1. The summed E-state index contributed by atoms with van der Waals surface area (Å²) in [5.41, 5.74) is -1.66. The molecule has 0 heterocycles. The summed E-state index contributed by atoms with van der Waals surface area (Å²) in [5.74, 6) is 0. The molecular weight excluding hydrogens is 443 g/mol. The SMILES string of the molecule is CC(C)(C)OC(=O)N(C(=O)OC(C)(C)C)c1ccc([N+](=O)[O-])cc1I. The number of rotatable bonds is 2. The van der Waals surface area contributed by atoms with Crippen molar-refractivity contribution in [3.63, 3.8) is 0 Å². The highest BCUT2D eigenvalue weighted by atomic mass is 127. The van der Waals surface area contributed by atoms with Gasteiger partial charge in [-0.15, -0.1) is 0 Å². The van der Waals surface area contributed by atoms with E-state index in [0.717, 1.165) is 4.90 Å². The smallest absolute Gasteiger partial charge is 0.424 e. The molecule has 9 heteroatoms. The molecule has 0 N–H and O–H groups in total. The van der Waals surface area contributed by atoms with Crippen molar-refractivity contribution in [1.82, 2.24) is 0 Å². The predicted molar refractivity (Wildman–Crippen MR) is 101 cm³/mol. The highest BCUT2D eigenvalue weighted by Crippen LogP contribution is 2.29. The van der Waals surface area contributed by atoms with Gasteiger partial charge in [-0.3, -0.25) is 10.1 Å². The van der Waals surface area contributed by atoms with E-state index in [1.165, 1.54) is 18.2 Å². The Labute approximate surface area is 159 Å². The average molecular weight is 464 g/mol. The van der Waals surface area contributed by atoms with Gasteiger partial charge in [-0.05, 0) is 70.2 Å². The summed E-state index contributed by atoms with van der Waals surface area (Å²) < 4.78 is 10.9. The van der Waals surface area contributed by atoms with Crippen molar-refractivity contribution in [2.45, 2.75) is 52.7 Å². The van der Waals surface area contributed by atoms with E-state index >= 15 is 0 Å². The molecule has 138 valence electrons. The first-order valence-electron chi connectivity index (χ1n) is 7.41. The van der Waals surface area contributed by atoms with Gasteiger partial charge in [0.05, 0.1) is 10.6 Å². The highest BCUT2D eigenvalue weighted by molar-refractivity contribution is 14.1. The molecule has 1 rings (SSSR count). The number of carbonyl (C=O) groups is 2. The van der Waals surface area contributed by atoms with Crippen molar-refractivity contribution in [2.24, 2.45) is 0 Å². The number of nitro groups is 1. The monoisotopic (exact) mass is 464 g/mol. The number of ether oxygens (including phenoxy) is 2. The molecule has 2 amide bonds. The molecule has 0 spiro atoms. The summed E-state index contributed by atoms with van der Waals surface area (Å²) in [6.07, 6.45) is -1.85. The quantitative estimate of drug-likeness (QED) is 0.352. The minimum absolute atomic E-state index is 0.148. The van der Waals surface area contributed by atoms with Crippen LogP contribution in [-0.4, -0.2) is 28.3 Å². The summed E-state index contributed by atoms with van der Waals surface area (Å²) in [6, 6.07) is 3.78. The van der Waals surface area contributed by atoms with E-state index in [9.17, 15) is 19.7 Å². The van der Waals surface area contributed by atoms with E-state index in [2.05, 4.69) is 0 Å². The Bertz CT molecular complexity index is 663. The Kier molecular flexibility index (Phi) is 6.38. The number of halogens is 1. The first-order valence-corrected chi connectivity index (χ1v) is 8.49. The van der Waals surface area contributed by atoms with Crippen LogP contribution in [0.3, 0.4) is 0 Å². The van der Waals surface area contributed by atoms with Gasteiger partial charge in [0.2, 0.25) is 0 Å². The number of benzene rings is 1. The Morgan fingerprint density at radius 2 is 1.48 bits per heavy atom. The van der Waals surface area contributed by atoms with E-state index in [0.29, 0.717) is 3.57 Å². The zero-order chi connectivity index (χ0) is 19.6. The Morgan fingerprint density at radius 3 is 1.80 bits per heavy atom. The van der Waals surface area contributed by atoms with Crippen LogP contribution >= 0.6 is 22.6 Å². The largest absolute Gasteiger partial charge is 0.443 e. The number of nitrogens with zero attached hydrogens (tertiary/aromatic N) is 2. The van der Waals surface area contributed by atoms with Gasteiger partial charge in [0.1, 0.15) is 11.2 Å². The lowest BCUT2D eigenvalue weighted by atomic mass is 10.2. The molecule has 1 aromatic carbocycles. The van der Waals surface area contributed by atoms with Crippen LogP contribution in [0.25, 0.3) is 0 Å². The van der Waals surface area contributed by atoms with Gasteiger partial charge in [0.25, 0.3) is 5.69 Å². The van der Waals surface area contributed by atoms with E-state index in [4.69, 9.17) is 9.47 Å². The van der Waals surface area contributed by atoms with E-state index in [1.54, 1.807) is 41.5 Å². The number of carbonyl (C=O) groups excluding carboxylic acids is 2. The van der Waals surface area contributed by atoms with Crippen molar-refractivity contribution >= 4 is 46.2 Å². The lowest BCUT2D eigenvalue weighted by Gasteiger charge is -2.29. The molecule has 1 aromatic rings. The number of non-ortho nitro benzene ring substituents is 1. The van der Waals surface area contributed by atoms with Crippen LogP contribution in [0, 0.1) is 13.7 Å². The third-order valence-electron chi connectivity index (χ3n) is 2.54. The minimum atomic E-state index is -0.923. The maximum atomic E-state index is 12.5. The van der Waals surface area contributed by atoms with Crippen molar-refractivity contribution in [2.75, 3.05) is 4.90 Å². The van der Waals surface area contributed by atoms with Gasteiger partial charge in [0.15, 0.2) is 0 Å². The summed E-state index contributed by atoms with van der Waals surface area (Å²) in [7, 11) is 0. The van der Waals surface area contributed by atoms with Crippen molar-refractivity contribution < 1.29 is 24.0 Å². The highest BCUT2D eigenvalue weighted by Gasteiger charge is 2.34. The second kappa shape index (κ2) is 7.54. The molecule has 0 radical (unpaired) electrons. The van der Waals surface area contributed by atoms with Crippen molar-refractivity contribution in [3.8, 4) is 0 Å². The van der Waals surface area contributed by atoms with E-state index < -0.39 is 28.3 Å². The van der Waals surface area contributed by atoms with Crippen molar-refractivity contribution in [1.29, 1.82) is 0 Å². The van der Waals surface area contributed by atoms with Gasteiger partial charge in [-0.1, -0.05) is 0 Å². The van der Waals surface area contributed by atoms with E-state index in [1.807, 2.05) is 22.6 Å². The molecule has 0 aliphatic rings. The van der Waals surface area contributed by atoms with Crippen LogP contribution in [0.15, 0.2) is 18.2 Å². The van der Waals surface area contributed by atoms with Gasteiger partial charge in [-0.25, -0.2) is 9.59 Å². The standard InChI is InChI=1S/C16H21IN2O6/c1-15(2,3)24-13(20)18(14(21)25-16(4,5)6)12-8-7-10(19(22)23)9-11(12)17/h7-9H,1-6H3. The molecule has 0 saturated heterocycles. The van der Waals surface area contributed by atoms with Crippen LogP contribution in [0.2, 0.25) is 0 Å². The molecular formula is C16H21IN2O6. The molecule has 0 aliphatic carbocycles. The summed E-state index contributed by atoms with van der Waals surface area (Å²) in [5, 5.41) is 10.9. The molecule has 0 saturated carbocycles. The summed E-state index contributed by atoms with van der Waals surface area (Å²) in [6.45, 7) is 9.99. The maximum absolute atomic E-state index is 12.5. The summed E-state index contributed by atoms with van der Waals surface area (Å²) >= 11 is 1.81. The molecule has 0 fully saturated rings. The molecule has 25 heavy (non-hydrogen) atoms. The van der Waals surface area contributed by atoms with Crippen LogP contribution < -0.4 is 4.90 Å². The second-order valence-corrected chi connectivity index (χ2v) is 8.35. The van der Waals surface area contributed by atoms with Gasteiger partial charge in [0, 0.05) is 15.7 Å². The Hall–Kier alpha value is -1.91. The Morgan fingerprint density at radius 1 is 1.04 bits per heavy atom. The minimum Gasteiger partial charge on any atom is -0.443 e. The second-order valence-electron chi connectivity index (χ2n) is 7.19. The zero-order valence-corrected chi connectivity index (χ0v) is 17.1. The first kappa shape index (κ1) is 21.1. The van der Waals surface area contributed by atoms with E-state index in [-0.39, 0.29) is 11.4 Å². The molecule has 0 atom stereocenters. The molecule has 8 nitrogen and oxygen atoms in total. The Balaban J connectivity index is 3.33. The zero-order valence-electron chi connectivity index (χ0n) is 15.0. The number of hydrogen-bond acceptors (Lipinski definition) is 6. The van der Waals surface area contributed by atoms with Gasteiger partial charge in [-0.2, -0.15) is 4.90 Å². The fraction of sp³-hybridized carbons (Fsp3) is 0.500. The van der Waals surface area contributed by atoms with Crippen molar-refractivity contribution in [3.05, 3.63) is 31.9 Å². The maximum Gasteiger partial charge on any atom is 0.424 e. The molecule has 0 aromatic heterocycles. The normalized spacial score (nSPS) is 11.6. The molecule has 0 aliphatic heterocycles. The number of amides is 2. The number of nitro benzene ring substituents is 1. The predicted octanol–water partition coefficient (Wildman–Crippen LogP) is 4.88. The lowest BCUT2D eigenvalue weighted by Crippen LogP contribution is -2.44. The average Bonchev–Trinajstić information content (AvgIpc) is 2.36. The van der Waals surface area contributed by atoms with Crippen LogP contribution in [0.5, 0.6) is 0 Å².